The van der Waals surface area contributed by atoms with Crippen molar-refractivity contribution in [2.24, 2.45) is 0 Å². The maximum Gasteiger partial charge on any atom is 0.299 e. The lowest BCUT2D eigenvalue weighted by atomic mass is 10.4. The van der Waals surface area contributed by atoms with Crippen LogP contribution < -0.4 is 10.5 Å². The number of methoxy groups -OCH3 is 1. The molecule has 2 aromatic rings. The van der Waals surface area contributed by atoms with E-state index in [1.54, 1.807) is 7.11 Å². The van der Waals surface area contributed by atoms with Crippen LogP contribution in [0.3, 0.4) is 0 Å². The minimum atomic E-state index is 0.404. The molecule has 0 atom stereocenters. The zero-order valence-corrected chi connectivity index (χ0v) is 11.3. The number of hydrogen-bond donors (Lipinski definition) is 1. The second-order valence-corrected chi connectivity index (χ2v) is 4.82. The number of nitrogens with zero attached hydrogens (tertiary/aromatic N) is 5. The molecular weight excluding hydrogens is 244 g/mol. The van der Waals surface area contributed by atoms with E-state index in [0.29, 0.717) is 23.2 Å². The second kappa shape index (κ2) is 4.65. The van der Waals surface area contributed by atoms with Crippen molar-refractivity contribution in [3.05, 3.63) is 5.82 Å². The van der Waals surface area contributed by atoms with Gasteiger partial charge >= 0.3 is 0 Å². The minimum absolute atomic E-state index is 0.404. The number of nitrogens with two attached hydrogens (primary N) is 1. The molecule has 0 unspecified atom stereocenters. The Kier molecular flexibility index (Phi) is 2.98. The highest BCUT2D eigenvalue weighted by Gasteiger charge is 2.20. The highest BCUT2D eigenvalue weighted by Crippen LogP contribution is 2.24. The topological polar surface area (TPSA) is 82.1 Å². The van der Waals surface area contributed by atoms with Gasteiger partial charge in [-0.2, -0.15) is 4.98 Å². The fraction of sp³-hybridized carbons (Fsp3) is 0.583. The van der Waals surface area contributed by atoms with E-state index in [2.05, 4.69) is 19.9 Å². The van der Waals surface area contributed by atoms with Crippen molar-refractivity contribution in [3.63, 3.8) is 0 Å². The molecule has 3 heterocycles. The smallest absolute Gasteiger partial charge is 0.299 e. The second-order valence-electron chi connectivity index (χ2n) is 4.82. The van der Waals surface area contributed by atoms with Crippen LogP contribution in [0, 0.1) is 6.92 Å². The van der Waals surface area contributed by atoms with Gasteiger partial charge in [0, 0.05) is 0 Å². The van der Waals surface area contributed by atoms with Gasteiger partial charge in [0.15, 0.2) is 17.0 Å². The third-order valence-corrected chi connectivity index (χ3v) is 3.42. The van der Waals surface area contributed by atoms with Crippen molar-refractivity contribution in [3.8, 4) is 6.01 Å². The van der Waals surface area contributed by atoms with E-state index in [9.17, 15) is 0 Å². The quantitative estimate of drug-likeness (QED) is 0.880. The van der Waals surface area contributed by atoms with Gasteiger partial charge in [0.05, 0.1) is 13.8 Å². The molecule has 1 saturated heterocycles. The van der Waals surface area contributed by atoms with Gasteiger partial charge in [-0.05, 0) is 32.9 Å². The Morgan fingerprint density at radius 1 is 1.21 bits per heavy atom. The van der Waals surface area contributed by atoms with Crippen LogP contribution in [0.4, 0.5) is 5.82 Å². The summed E-state index contributed by atoms with van der Waals surface area (Å²) in [4.78, 5) is 15.3. The largest absolute Gasteiger partial charge is 0.468 e. The number of rotatable bonds is 3. The summed E-state index contributed by atoms with van der Waals surface area (Å²) in [6, 6.07) is 0.536. The lowest BCUT2D eigenvalue weighted by Crippen LogP contribution is -2.23. The van der Waals surface area contributed by atoms with Gasteiger partial charge in [0.25, 0.3) is 6.01 Å². The highest BCUT2D eigenvalue weighted by molar-refractivity contribution is 5.82. The summed E-state index contributed by atoms with van der Waals surface area (Å²) in [7, 11) is 1.61. The third kappa shape index (κ3) is 2.10. The van der Waals surface area contributed by atoms with Crippen molar-refractivity contribution in [1.29, 1.82) is 0 Å². The molecule has 1 aliphatic heterocycles. The van der Waals surface area contributed by atoms with E-state index in [1.165, 1.54) is 12.8 Å². The molecule has 2 aromatic heterocycles. The van der Waals surface area contributed by atoms with Crippen LogP contribution >= 0.6 is 0 Å². The van der Waals surface area contributed by atoms with Gasteiger partial charge in [-0.25, -0.2) is 9.97 Å². The first-order chi connectivity index (χ1) is 9.19. The zero-order valence-electron chi connectivity index (χ0n) is 11.3. The molecule has 0 spiro atoms. The number of fused-ring (bicyclic) bond motifs is 1. The summed E-state index contributed by atoms with van der Waals surface area (Å²) < 4.78 is 7.30. The van der Waals surface area contributed by atoms with Crippen LogP contribution in [0.1, 0.15) is 18.7 Å². The molecule has 3 rings (SSSR count). The summed E-state index contributed by atoms with van der Waals surface area (Å²) >= 11 is 0. The van der Waals surface area contributed by atoms with Crippen molar-refractivity contribution in [1.82, 2.24) is 24.4 Å². The number of nitrogen functional groups attached to an aromatic ring is 1. The molecule has 0 aromatic carbocycles. The van der Waals surface area contributed by atoms with E-state index >= 15 is 0 Å². The van der Waals surface area contributed by atoms with E-state index < -0.39 is 0 Å². The van der Waals surface area contributed by atoms with E-state index in [0.717, 1.165) is 25.4 Å². The summed E-state index contributed by atoms with van der Waals surface area (Å²) in [5, 5.41) is 0. The summed E-state index contributed by atoms with van der Waals surface area (Å²) in [6.07, 6.45) is 2.48. The molecule has 2 N–H and O–H groups in total. The zero-order chi connectivity index (χ0) is 13.4. The molecule has 7 heteroatoms. The Balaban J connectivity index is 2.09. The Morgan fingerprint density at radius 2 is 1.95 bits per heavy atom. The number of ether oxygens (including phenoxy) is 1. The summed E-state index contributed by atoms with van der Waals surface area (Å²) in [6.45, 7) is 4.76. The van der Waals surface area contributed by atoms with E-state index in [4.69, 9.17) is 10.5 Å². The maximum atomic E-state index is 5.91. The van der Waals surface area contributed by atoms with Crippen LogP contribution in [0.15, 0.2) is 0 Å². The van der Waals surface area contributed by atoms with Crippen LogP contribution in [-0.2, 0) is 6.67 Å². The van der Waals surface area contributed by atoms with Gasteiger partial charge < -0.3 is 10.5 Å². The number of aryl methyl sites for hydroxylation is 1. The Morgan fingerprint density at radius 3 is 2.63 bits per heavy atom. The average molecular weight is 262 g/mol. The van der Waals surface area contributed by atoms with Gasteiger partial charge in [-0.1, -0.05) is 0 Å². The number of anilines is 1. The summed E-state index contributed by atoms with van der Waals surface area (Å²) in [5.74, 6) is 1.05. The van der Waals surface area contributed by atoms with E-state index in [-0.39, 0.29) is 0 Å². The first-order valence-corrected chi connectivity index (χ1v) is 6.45. The summed E-state index contributed by atoms with van der Waals surface area (Å²) in [5.41, 5.74) is 7.26. The average Bonchev–Trinajstić information content (AvgIpc) is 2.99. The van der Waals surface area contributed by atoms with Gasteiger partial charge in [-0.3, -0.25) is 9.47 Å². The molecule has 7 nitrogen and oxygen atoms in total. The molecular formula is C12H18N6O. The monoisotopic (exact) mass is 262 g/mol. The van der Waals surface area contributed by atoms with Crippen molar-refractivity contribution >= 4 is 17.0 Å². The van der Waals surface area contributed by atoms with E-state index in [1.807, 2.05) is 11.5 Å². The van der Waals surface area contributed by atoms with Crippen LogP contribution in [-0.4, -0.2) is 44.6 Å². The molecule has 0 radical (unpaired) electrons. The predicted octanol–water partition coefficient (Wildman–Crippen LogP) is 0.779. The Labute approximate surface area is 111 Å². The lowest BCUT2D eigenvalue weighted by molar-refractivity contribution is 0.249. The SMILES string of the molecule is COc1nc2c(N)nc(C)nc2n1CN1CCCC1. The molecule has 0 aliphatic carbocycles. The molecule has 19 heavy (non-hydrogen) atoms. The van der Waals surface area contributed by atoms with Gasteiger partial charge in [-0.15, -0.1) is 0 Å². The third-order valence-electron chi connectivity index (χ3n) is 3.42. The fourth-order valence-electron chi connectivity index (χ4n) is 2.52. The Bertz CT molecular complexity index is 602. The predicted molar refractivity (Wildman–Crippen MR) is 71.8 cm³/mol. The van der Waals surface area contributed by atoms with Crippen LogP contribution in [0.5, 0.6) is 6.01 Å². The number of hydrogen-bond acceptors (Lipinski definition) is 6. The number of likely N-dealkylation sites (tertiary alicyclic amines) is 1. The number of imidazole rings is 1. The number of aromatic nitrogens is 4. The van der Waals surface area contributed by atoms with Crippen molar-refractivity contribution in [2.45, 2.75) is 26.4 Å². The standard InChI is InChI=1S/C12H18N6O/c1-8-14-10(13)9-11(15-8)18(12(16-9)19-2)7-17-5-3-4-6-17/h3-7H2,1-2H3,(H2,13,14,15). The normalized spacial score (nSPS) is 16.3. The molecule has 1 fully saturated rings. The Hall–Kier alpha value is -1.89. The lowest BCUT2D eigenvalue weighted by Gasteiger charge is -2.16. The molecule has 0 saturated carbocycles. The minimum Gasteiger partial charge on any atom is -0.468 e. The molecule has 0 bridgehead atoms. The van der Waals surface area contributed by atoms with Gasteiger partial charge in [0.1, 0.15) is 5.82 Å². The van der Waals surface area contributed by atoms with Crippen molar-refractivity contribution in [2.75, 3.05) is 25.9 Å². The first-order valence-electron chi connectivity index (χ1n) is 6.45. The molecule has 1 aliphatic rings. The van der Waals surface area contributed by atoms with Crippen LogP contribution in [0.2, 0.25) is 0 Å². The maximum absolute atomic E-state index is 5.91. The van der Waals surface area contributed by atoms with Gasteiger partial charge in [0.2, 0.25) is 0 Å². The molecule has 0 amide bonds. The fourth-order valence-corrected chi connectivity index (χ4v) is 2.52. The first kappa shape index (κ1) is 12.2. The molecule has 102 valence electrons. The highest BCUT2D eigenvalue weighted by atomic mass is 16.5. The van der Waals surface area contributed by atoms with Crippen LogP contribution in [0.25, 0.3) is 11.2 Å². The van der Waals surface area contributed by atoms with Crippen molar-refractivity contribution < 1.29 is 4.74 Å².